The fourth-order valence-electron chi connectivity index (χ4n) is 2.08. The third-order valence-corrected chi connectivity index (χ3v) is 3.09. The number of benzene rings is 2. The van der Waals surface area contributed by atoms with Gasteiger partial charge in [0.1, 0.15) is 0 Å². The number of allylic oxidation sites excluding steroid dienone is 2. The minimum absolute atomic E-state index is 1.08. The Morgan fingerprint density at radius 1 is 0.882 bits per heavy atom. The van der Waals surface area contributed by atoms with Crippen molar-refractivity contribution in [3.8, 4) is 11.1 Å². The van der Waals surface area contributed by atoms with Gasteiger partial charge in [-0.2, -0.15) is 0 Å². The van der Waals surface area contributed by atoms with Gasteiger partial charge in [0.25, 0.3) is 0 Å². The quantitative estimate of drug-likeness (QED) is 0.672. The van der Waals surface area contributed by atoms with Crippen LogP contribution in [-0.2, 0) is 0 Å². The molecule has 0 fully saturated rings. The van der Waals surface area contributed by atoms with E-state index in [0.717, 1.165) is 6.42 Å². The third-order valence-electron chi connectivity index (χ3n) is 3.09. The Kier molecular flexibility index (Phi) is 3.77. The summed E-state index contributed by atoms with van der Waals surface area (Å²) in [6, 6.07) is 19.3. The molecule has 2 rings (SSSR count). The van der Waals surface area contributed by atoms with Crippen molar-refractivity contribution >= 4 is 5.57 Å². The summed E-state index contributed by atoms with van der Waals surface area (Å²) in [6.07, 6.45) is 3.28. The van der Waals surface area contributed by atoms with Crippen LogP contribution in [0.1, 0.15) is 25.8 Å². The van der Waals surface area contributed by atoms with Gasteiger partial charge in [0.05, 0.1) is 0 Å². The molecule has 0 heterocycles. The first-order valence-electron chi connectivity index (χ1n) is 6.16. The van der Waals surface area contributed by atoms with Crippen LogP contribution >= 0.6 is 0 Å². The molecule has 0 aliphatic rings. The second-order valence-corrected chi connectivity index (χ2v) is 4.11. The maximum Gasteiger partial charge on any atom is -0.0184 e. The lowest BCUT2D eigenvalue weighted by Crippen LogP contribution is -1.83. The molecule has 0 amide bonds. The van der Waals surface area contributed by atoms with E-state index < -0.39 is 0 Å². The van der Waals surface area contributed by atoms with Crippen LogP contribution in [-0.4, -0.2) is 0 Å². The summed E-state index contributed by atoms with van der Waals surface area (Å²) >= 11 is 0. The van der Waals surface area contributed by atoms with Gasteiger partial charge >= 0.3 is 0 Å². The van der Waals surface area contributed by atoms with Crippen LogP contribution < -0.4 is 0 Å². The smallest absolute Gasteiger partial charge is 0.0184 e. The molecular formula is C17H18. The number of hydrogen-bond donors (Lipinski definition) is 0. The zero-order chi connectivity index (χ0) is 12.1. The Bertz CT molecular complexity index is 489. The van der Waals surface area contributed by atoms with E-state index in [1.165, 1.54) is 22.3 Å². The molecule has 0 bridgehead atoms. The minimum atomic E-state index is 1.08. The van der Waals surface area contributed by atoms with Gasteiger partial charge < -0.3 is 0 Å². The van der Waals surface area contributed by atoms with Gasteiger partial charge in [-0.1, -0.05) is 67.6 Å². The minimum Gasteiger partial charge on any atom is -0.0839 e. The van der Waals surface area contributed by atoms with E-state index in [4.69, 9.17) is 0 Å². The van der Waals surface area contributed by atoms with Crippen molar-refractivity contribution in [3.05, 3.63) is 66.2 Å². The predicted molar refractivity (Wildman–Crippen MR) is 75.8 cm³/mol. The fourth-order valence-corrected chi connectivity index (χ4v) is 2.08. The molecule has 0 saturated carbocycles. The van der Waals surface area contributed by atoms with E-state index in [1.54, 1.807) is 0 Å². The van der Waals surface area contributed by atoms with E-state index >= 15 is 0 Å². The molecule has 2 aromatic rings. The average Bonchev–Trinajstić information content (AvgIpc) is 2.42. The molecule has 0 aliphatic carbocycles. The van der Waals surface area contributed by atoms with Crippen LogP contribution in [0.25, 0.3) is 16.7 Å². The first-order valence-corrected chi connectivity index (χ1v) is 6.16. The second-order valence-electron chi connectivity index (χ2n) is 4.11. The monoisotopic (exact) mass is 222 g/mol. The summed E-state index contributed by atoms with van der Waals surface area (Å²) in [6.45, 7) is 4.30. The van der Waals surface area contributed by atoms with E-state index in [9.17, 15) is 0 Å². The van der Waals surface area contributed by atoms with Crippen LogP contribution in [0, 0.1) is 0 Å². The van der Waals surface area contributed by atoms with Crippen molar-refractivity contribution in [2.75, 3.05) is 0 Å². The Labute approximate surface area is 104 Å². The maximum absolute atomic E-state index is 2.21. The van der Waals surface area contributed by atoms with Crippen LogP contribution in [0.15, 0.2) is 60.7 Å². The summed E-state index contributed by atoms with van der Waals surface area (Å²) in [5.74, 6) is 0. The SMILES string of the molecule is CC=C(CC)c1ccc(-c2ccccc2)cc1. The number of hydrogen-bond acceptors (Lipinski definition) is 0. The van der Waals surface area contributed by atoms with Crippen LogP contribution in [0.4, 0.5) is 0 Å². The summed E-state index contributed by atoms with van der Waals surface area (Å²) in [4.78, 5) is 0. The summed E-state index contributed by atoms with van der Waals surface area (Å²) in [5, 5.41) is 0. The molecule has 0 spiro atoms. The van der Waals surface area contributed by atoms with E-state index in [1.807, 2.05) is 6.07 Å². The molecule has 17 heavy (non-hydrogen) atoms. The first kappa shape index (κ1) is 11.7. The second kappa shape index (κ2) is 5.49. The maximum atomic E-state index is 2.21. The predicted octanol–water partition coefficient (Wildman–Crippen LogP) is 5.17. The Hall–Kier alpha value is -1.82. The van der Waals surface area contributed by atoms with Gasteiger partial charge in [0, 0.05) is 0 Å². The summed E-state index contributed by atoms with van der Waals surface area (Å²) < 4.78 is 0. The van der Waals surface area contributed by atoms with Gasteiger partial charge in [-0.05, 0) is 35.6 Å². The molecule has 0 aromatic heterocycles. The molecule has 86 valence electrons. The third kappa shape index (κ3) is 2.65. The molecule has 0 nitrogen and oxygen atoms in total. The fraction of sp³-hybridized carbons (Fsp3) is 0.176. The highest BCUT2D eigenvalue weighted by atomic mass is 14.0. The Morgan fingerprint density at radius 2 is 1.47 bits per heavy atom. The van der Waals surface area contributed by atoms with Crippen LogP contribution in [0.5, 0.6) is 0 Å². The molecule has 0 radical (unpaired) electrons. The lowest BCUT2D eigenvalue weighted by Gasteiger charge is -2.06. The van der Waals surface area contributed by atoms with Crippen molar-refractivity contribution < 1.29 is 0 Å². The summed E-state index contributed by atoms with van der Waals surface area (Å²) in [7, 11) is 0. The highest BCUT2D eigenvalue weighted by molar-refractivity contribution is 5.70. The van der Waals surface area contributed by atoms with Crippen molar-refractivity contribution in [1.29, 1.82) is 0 Å². The summed E-state index contributed by atoms with van der Waals surface area (Å²) in [5.41, 5.74) is 5.29. The normalized spacial score (nSPS) is 11.5. The highest BCUT2D eigenvalue weighted by Gasteiger charge is 1.99. The standard InChI is InChI=1S/C17H18/c1-3-14(4-2)16-10-12-17(13-11-16)15-8-6-5-7-9-15/h3,5-13H,4H2,1-2H3. The lowest BCUT2D eigenvalue weighted by molar-refractivity contribution is 1.23. The molecular weight excluding hydrogens is 204 g/mol. The van der Waals surface area contributed by atoms with Gasteiger partial charge in [0.15, 0.2) is 0 Å². The molecule has 0 atom stereocenters. The largest absolute Gasteiger partial charge is 0.0839 e. The molecule has 0 N–H and O–H groups in total. The molecule has 0 unspecified atom stereocenters. The molecule has 0 aliphatic heterocycles. The van der Waals surface area contributed by atoms with E-state index in [2.05, 4.69) is 68.5 Å². The molecule has 2 aromatic carbocycles. The van der Waals surface area contributed by atoms with Gasteiger partial charge in [-0.3, -0.25) is 0 Å². The van der Waals surface area contributed by atoms with Crippen LogP contribution in [0.3, 0.4) is 0 Å². The van der Waals surface area contributed by atoms with E-state index in [-0.39, 0.29) is 0 Å². The van der Waals surface area contributed by atoms with Gasteiger partial charge in [0.2, 0.25) is 0 Å². The first-order chi connectivity index (χ1) is 8.35. The Morgan fingerprint density at radius 3 is 2.00 bits per heavy atom. The zero-order valence-corrected chi connectivity index (χ0v) is 10.5. The average molecular weight is 222 g/mol. The highest BCUT2D eigenvalue weighted by Crippen LogP contribution is 2.23. The van der Waals surface area contributed by atoms with Crippen molar-refractivity contribution in [1.82, 2.24) is 0 Å². The van der Waals surface area contributed by atoms with E-state index in [0.29, 0.717) is 0 Å². The zero-order valence-electron chi connectivity index (χ0n) is 10.5. The lowest BCUT2D eigenvalue weighted by atomic mass is 9.99. The molecule has 0 saturated heterocycles. The Balaban J connectivity index is 2.31. The van der Waals surface area contributed by atoms with Crippen molar-refractivity contribution in [2.24, 2.45) is 0 Å². The number of rotatable bonds is 3. The van der Waals surface area contributed by atoms with Crippen molar-refractivity contribution in [3.63, 3.8) is 0 Å². The van der Waals surface area contributed by atoms with Gasteiger partial charge in [-0.25, -0.2) is 0 Å². The van der Waals surface area contributed by atoms with Crippen molar-refractivity contribution in [2.45, 2.75) is 20.3 Å². The molecule has 0 heteroatoms. The van der Waals surface area contributed by atoms with Gasteiger partial charge in [-0.15, -0.1) is 0 Å². The van der Waals surface area contributed by atoms with Crippen LogP contribution in [0.2, 0.25) is 0 Å². The topological polar surface area (TPSA) is 0 Å².